The Morgan fingerprint density at radius 3 is 2.29 bits per heavy atom. The lowest BCUT2D eigenvalue weighted by atomic mass is 10.0. The van der Waals surface area contributed by atoms with Crippen LogP contribution in [-0.4, -0.2) is 32.5 Å². The first-order valence-corrected chi connectivity index (χ1v) is 12.1. The van der Waals surface area contributed by atoms with Crippen LogP contribution in [0.1, 0.15) is 70.3 Å². The summed E-state index contributed by atoms with van der Waals surface area (Å²) in [5.41, 5.74) is 0.826. The predicted octanol–water partition coefficient (Wildman–Crippen LogP) is 4.28. The number of carbonyl (C=O) groups excluding carboxylic acids is 2. The monoisotopic (exact) mass is 408 g/mol. The molecule has 1 aliphatic heterocycles. The molecule has 6 heteroatoms. The second kappa shape index (κ2) is 11.3. The van der Waals surface area contributed by atoms with E-state index in [9.17, 15) is 18.0 Å². The second-order valence-corrected chi connectivity index (χ2v) is 9.70. The van der Waals surface area contributed by atoms with Gasteiger partial charge in [0.25, 0.3) is 0 Å². The molecule has 1 aromatic rings. The summed E-state index contributed by atoms with van der Waals surface area (Å²) in [4.78, 5) is 23.8. The molecule has 0 spiro atoms. The Labute approximate surface area is 168 Å². The summed E-state index contributed by atoms with van der Waals surface area (Å²) in [6, 6.07) is 6.46. The van der Waals surface area contributed by atoms with Crippen LogP contribution in [-0.2, 0) is 30.6 Å². The van der Waals surface area contributed by atoms with Gasteiger partial charge in [-0.25, -0.2) is 8.42 Å². The number of ether oxygens (including phenoxy) is 1. The van der Waals surface area contributed by atoms with Crippen LogP contribution >= 0.6 is 0 Å². The van der Waals surface area contributed by atoms with Gasteiger partial charge in [0.05, 0.1) is 23.2 Å². The van der Waals surface area contributed by atoms with Crippen molar-refractivity contribution in [3.8, 4) is 0 Å². The van der Waals surface area contributed by atoms with E-state index < -0.39 is 21.7 Å². The van der Waals surface area contributed by atoms with Crippen LogP contribution in [0.2, 0.25) is 0 Å². The van der Waals surface area contributed by atoms with Gasteiger partial charge in [-0.15, -0.1) is 0 Å². The zero-order valence-corrected chi connectivity index (χ0v) is 17.6. The molecule has 28 heavy (non-hydrogen) atoms. The van der Waals surface area contributed by atoms with Crippen molar-refractivity contribution >= 4 is 21.6 Å². The first kappa shape index (κ1) is 22.6. The lowest BCUT2D eigenvalue weighted by Crippen LogP contribution is -2.20. The molecule has 2 rings (SSSR count). The molecule has 156 valence electrons. The Bertz CT molecular complexity index is 737. The molecule has 1 heterocycles. The van der Waals surface area contributed by atoms with Gasteiger partial charge in [-0.3, -0.25) is 9.59 Å². The van der Waals surface area contributed by atoms with Gasteiger partial charge in [0.2, 0.25) is 0 Å². The highest BCUT2D eigenvalue weighted by atomic mass is 32.2. The average Bonchev–Trinajstić information content (AvgIpc) is 3.05. The Morgan fingerprint density at radius 2 is 1.68 bits per heavy atom. The average molecular weight is 409 g/mol. The van der Waals surface area contributed by atoms with Crippen LogP contribution in [0.4, 0.5) is 0 Å². The van der Waals surface area contributed by atoms with E-state index in [1.54, 1.807) is 12.1 Å². The number of rotatable bonds is 13. The van der Waals surface area contributed by atoms with Crippen molar-refractivity contribution < 1.29 is 22.7 Å². The number of unbranched alkanes of at least 4 members (excludes halogenated alkanes) is 6. The van der Waals surface area contributed by atoms with Crippen LogP contribution in [0.5, 0.6) is 0 Å². The van der Waals surface area contributed by atoms with Crippen molar-refractivity contribution in [2.24, 2.45) is 5.92 Å². The van der Waals surface area contributed by atoms with Gasteiger partial charge in [-0.1, -0.05) is 57.6 Å². The van der Waals surface area contributed by atoms with Crippen molar-refractivity contribution in [2.45, 2.75) is 76.0 Å². The quantitative estimate of drug-likeness (QED) is 0.360. The van der Waals surface area contributed by atoms with Crippen molar-refractivity contribution in [3.63, 3.8) is 0 Å². The summed E-state index contributed by atoms with van der Waals surface area (Å²) in [7, 11) is -3.53. The van der Waals surface area contributed by atoms with E-state index in [0.717, 1.165) is 18.4 Å². The van der Waals surface area contributed by atoms with Crippen molar-refractivity contribution in [1.82, 2.24) is 0 Å². The molecule has 0 saturated carbocycles. The SMILES string of the molecule is CCCCCCCCCC(=O)Cc1ccc(S(=O)(=O)C[C@H]2CCOC2=O)cc1. The Balaban J connectivity index is 1.75. The number of hydrogen-bond donors (Lipinski definition) is 0. The highest BCUT2D eigenvalue weighted by Gasteiger charge is 2.32. The topological polar surface area (TPSA) is 77.5 Å². The third-order valence-electron chi connectivity index (χ3n) is 5.21. The maximum Gasteiger partial charge on any atom is 0.310 e. The first-order chi connectivity index (χ1) is 13.4. The number of sulfone groups is 1. The molecule has 1 aromatic carbocycles. The summed E-state index contributed by atoms with van der Waals surface area (Å²) in [6.45, 7) is 2.49. The smallest absolute Gasteiger partial charge is 0.310 e. The van der Waals surface area contributed by atoms with Crippen LogP contribution in [0.15, 0.2) is 29.2 Å². The number of Topliss-reactive ketones (excluding diaryl/α,β-unsaturated/α-hetero) is 1. The zero-order valence-electron chi connectivity index (χ0n) is 16.8. The molecule has 0 amide bonds. The minimum atomic E-state index is -3.53. The molecule has 1 saturated heterocycles. The largest absolute Gasteiger partial charge is 0.465 e. The highest BCUT2D eigenvalue weighted by Crippen LogP contribution is 2.21. The van der Waals surface area contributed by atoms with Gasteiger partial charge >= 0.3 is 5.97 Å². The van der Waals surface area contributed by atoms with Crippen molar-refractivity contribution in [3.05, 3.63) is 29.8 Å². The van der Waals surface area contributed by atoms with E-state index in [1.807, 2.05) is 0 Å². The Kier molecular flexibility index (Phi) is 9.16. The first-order valence-electron chi connectivity index (χ1n) is 10.4. The highest BCUT2D eigenvalue weighted by molar-refractivity contribution is 7.91. The lowest BCUT2D eigenvalue weighted by molar-refractivity contribution is -0.140. The maximum atomic E-state index is 12.5. The number of carbonyl (C=O) groups is 2. The summed E-state index contributed by atoms with van der Waals surface area (Å²) < 4.78 is 29.8. The molecule has 0 aliphatic carbocycles. The fraction of sp³-hybridized carbons (Fsp3) is 0.636. The number of cyclic esters (lactones) is 1. The summed E-state index contributed by atoms with van der Waals surface area (Å²) in [5, 5.41) is 0. The summed E-state index contributed by atoms with van der Waals surface area (Å²) >= 11 is 0. The third kappa shape index (κ3) is 7.38. The molecule has 1 aliphatic rings. The van der Waals surface area contributed by atoms with E-state index in [0.29, 0.717) is 25.9 Å². The molecule has 1 fully saturated rings. The lowest BCUT2D eigenvalue weighted by Gasteiger charge is -2.08. The van der Waals surface area contributed by atoms with Crippen LogP contribution < -0.4 is 0 Å². The van der Waals surface area contributed by atoms with E-state index in [1.165, 1.54) is 44.2 Å². The van der Waals surface area contributed by atoms with Crippen molar-refractivity contribution in [2.75, 3.05) is 12.4 Å². The molecule has 0 radical (unpaired) electrons. The van der Waals surface area contributed by atoms with Gasteiger partial charge in [0, 0.05) is 12.8 Å². The zero-order chi connectivity index (χ0) is 20.4. The van der Waals surface area contributed by atoms with E-state index >= 15 is 0 Å². The van der Waals surface area contributed by atoms with Crippen molar-refractivity contribution in [1.29, 1.82) is 0 Å². The predicted molar refractivity (Wildman–Crippen MR) is 109 cm³/mol. The van der Waals surface area contributed by atoms with Crippen LogP contribution in [0.25, 0.3) is 0 Å². The fourth-order valence-corrected chi connectivity index (χ4v) is 5.04. The number of ketones is 1. The minimum Gasteiger partial charge on any atom is -0.465 e. The van der Waals surface area contributed by atoms with E-state index in [2.05, 4.69) is 6.92 Å². The van der Waals surface area contributed by atoms with Gasteiger partial charge < -0.3 is 4.74 Å². The molecule has 1 atom stereocenters. The fourth-order valence-electron chi connectivity index (χ4n) is 3.46. The van der Waals surface area contributed by atoms with E-state index in [-0.39, 0.29) is 16.4 Å². The molecule has 0 aromatic heterocycles. The molecule has 0 unspecified atom stereocenters. The third-order valence-corrected chi connectivity index (χ3v) is 7.04. The molecule has 5 nitrogen and oxygen atoms in total. The molecule has 0 N–H and O–H groups in total. The standard InChI is InChI=1S/C22H32O5S/c1-2-3-4-5-6-7-8-9-20(23)16-18-10-12-21(13-11-18)28(25,26)17-19-14-15-27-22(19)24/h10-13,19H,2-9,14-17H2,1H3/t19-/m1/s1. The number of hydrogen-bond acceptors (Lipinski definition) is 5. The molecular formula is C22H32O5S. The molecular weight excluding hydrogens is 376 g/mol. The van der Waals surface area contributed by atoms with Gasteiger partial charge in [0.1, 0.15) is 5.78 Å². The summed E-state index contributed by atoms with van der Waals surface area (Å²) in [5.74, 6) is -1.04. The maximum absolute atomic E-state index is 12.5. The minimum absolute atomic E-state index is 0.190. The van der Waals surface area contributed by atoms with Gasteiger partial charge in [-0.2, -0.15) is 0 Å². The normalized spacial score (nSPS) is 16.9. The summed E-state index contributed by atoms with van der Waals surface area (Å²) in [6.07, 6.45) is 9.63. The second-order valence-electron chi connectivity index (χ2n) is 7.67. The molecule has 0 bridgehead atoms. The van der Waals surface area contributed by atoms with Crippen LogP contribution in [0, 0.1) is 5.92 Å². The van der Waals surface area contributed by atoms with Gasteiger partial charge in [0.15, 0.2) is 9.84 Å². The van der Waals surface area contributed by atoms with E-state index in [4.69, 9.17) is 4.74 Å². The number of esters is 1. The number of benzene rings is 1. The van der Waals surface area contributed by atoms with Gasteiger partial charge in [-0.05, 0) is 30.5 Å². The Morgan fingerprint density at radius 1 is 1.04 bits per heavy atom. The Hall–Kier alpha value is -1.69. The van der Waals surface area contributed by atoms with Crippen LogP contribution in [0.3, 0.4) is 0 Å².